The van der Waals surface area contributed by atoms with E-state index < -0.39 is 0 Å². The molecule has 1 unspecified atom stereocenters. The molecule has 0 bridgehead atoms. The molecule has 2 amide bonds. The predicted octanol–water partition coefficient (Wildman–Crippen LogP) is 3.31. The molecule has 1 aliphatic heterocycles. The Morgan fingerprint density at radius 1 is 1.37 bits per heavy atom. The van der Waals surface area contributed by atoms with Crippen molar-refractivity contribution >= 4 is 44.2 Å². The minimum atomic E-state index is -0.308. The Labute approximate surface area is 171 Å². The van der Waals surface area contributed by atoms with E-state index in [0.717, 1.165) is 28.7 Å². The minimum absolute atomic E-state index is 0.0589. The average Bonchev–Trinajstić information content (AvgIpc) is 3.22. The van der Waals surface area contributed by atoms with Crippen molar-refractivity contribution < 1.29 is 9.59 Å². The van der Waals surface area contributed by atoms with Crippen molar-refractivity contribution in [2.24, 2.45) is 5.92 Å². The summed E-state index contributed by atoms with van der Waals surface area (Å²) in [5.41, 5.74) is 1.83. The molecule has 0 saturated carbocycles. The Kier molecular flexibility index (Phi) is 6.62. The van der Waals surface area contributed by atoms with Gasteiger partial charge in [0.1, 0.15) is 0 Å². The summed E-state index contributed by atoms with van der Waals surface area (Å²) < 4.78 is 1.01. The number of nitrogens with zero attached hydrogens (tertiary/aromatic N) is 3. The summed E-state index contributed by atoms with van der Waals surface area (Å²) >= 11 is 4.81. The van der Waals surface area contributed by atoms with Gasteiger partial charge in [-0.1, -0.05) is 28.1 Å². The first-order chi connectivity index (χ1) is 12.9. The molecule has 0 radical (unpaired) electrons. The molecule has 1 saturated heterocycles. The van der Waals surface area contributed by atoms with Gasteiger partial charge in [-0.3, -0.25) is 9.59 Å². The fourth-order valence-electron chi connectivity index (χ4n) is 3.03. The van der Waals surface area contributed by atoms with Crippen LogP contribution < -0.4 is 5.32 Å². The third kappa shape index (κ3) is 5.37. The highest BCUT2D eigenvalue weighted by atomic mass is 79.9. The van der Waals surface area contributed by atoms with Gasteiger partial charge in [-0.25, -0.2) is 4.98 Å². The SMILES string of the molecule is CN(C)CCCN1CC(C(=O)Nc2nc(-c3ccc(Br)cc3)cs2)CC1=O. The quantitative estimate of drug-likeness (QED) is 0.702. The van der Waals surface area contributed by atoms with E-state index in [1.807, 2.05) is 43.7 Å². The molecule has 27 heavy (non-hydrogen) atoms. The molecule has 1 fully saturated rings. The van der Waals surface area contributed by atoms with Crippen molar-refractivity contribution in [1.82, 2.24) is 14.8 Å². The lowest BCUT2D eigenvalue weighted by Crippen LogP contribution is -2.30. The van der Waals surface area contributed by atoms with Crippen LogP contribution in [0.25, 0.3) is 11.3 Å². The fourth-order valence-corrected chi connectivity index (χ4v) is 4.02. The Morgan fingerprint density at radius 2 is 2.11 bits per heavy atom. The maximum Gasteiger partial charge on any atom is 0.231 e. The molecule has 3 rings (SSSR count). The second-order valence-electron chi connectivity index (χ2n) is 6.93. The number of rotatable bonds is 7. The van der Waals surface area contributed by atoms with Crippen molar-refractivity contribution in [3.05, 3.63) is 34.1 Å². The number of carbonyl (C=O) groups excluding carboxylic acids is 2. The van der Waals surface area contributed by atoms with Gasteiger partial charge in [0.05, 0.1) is 11.6 Å². The van der Waals surface area contributed by atoms with Crippen LogP contribution in [0.1, 0.15) is 12.8 Å². The van der Waals surface area contributed by atoms with Gasteiger partial charge in [0.15, 0.2) is 5.13 Å². The molecule has 144 valence electrons. The Bertz CT molecular complexity index is 806. The van der Waals surface area contributed by atoms with E-state index in [1.54, 1.807) is 4.90 Å². The van der Waals surface area contributed by atoms with Gasteiger partial charge in [-0.15, -0.1) is 11.3 Å². The molecule has 6 nitrogen and oxygen atoms in total. The summed E-state index contributed by atoms with van der Waals surface area (Å²) in [6, 6.07) is 7.88. The number of hydrogen-bond acceptors (Lipinski definition) is 5. The van der Waals surface area contributed by atoms with Crippen LogP contribution in [0.2, 0.25) is 0 Å². The highest BCUT2D eigenvalue weighted by molar-refractivity contribution is 9.10. The number of halogens is 1. The van der Waals surface area contributed by atoms with E-state index >= 15 is 0 Å². The van der Waals surface area contributed by atoms with Gasteiger partial charge >= 0.3 is 0 Å². The van der Waals surface area contributed by atoms with E-state index in [2.05, 4.69) is 31.1 Å². The molecule has 0 spiro atoms. The van der Waals surface area contributed by atoms with Crippen LogP contribution >= 0.6 is 27.3 Å². The number of nitrogens with one attached hydrogen (secondary N) is 1. The highest BCUT2D eigenvalue weighted by Crippen LogP contribution is 2.27. The zero-order valence-corrected chi connectivity index (χ0v) is 17.8. The smallest absolute Gasteiger partial charge is 0.231 e. The number of amides is 2. The molecule has 1 atom stereocenters. The van der Waals surface area contributed by atoms with Crippen molar-refractivity contribution in [1.29, 1.82) is 0 Å². The summed E-state index contributed by atoms with van der Waals surface area (Å²) in [5.74, 6) is -0.379. The Morgan fingerprint density at radius 3 is 2.81 bits per heavy atom. The van der Waals surface area contributed by atoms with E-state index in [1.165, 1.54) is 11.3 Å². The summed E-state index contributed by atoms with van der Waals surface area (Å²) in [4.78, 5) is 33.1. The van der Waals surface area contributed by atoms with E-state index in [-0.39, 0.29) is 24.2 Å². The van der Waals surface area contributed by atoms with Gasteiger partial charge < -0.3 is 15.1 Å². The normalized spacial score (nSPS) is 17.0. The third-order valence-corrected chi connectivity index (χ3v) is 5.78. The summed E-state index contributed by atoms with van der Waals surface area (Å²) in [7, 11) is 4.03. The summed E-state index contributed by atoms with van der Waals surface area (Å²) in [6.07, 6.45) is 1.19. The maximum absolute atomic E-state index is 12.5. The summed E-state index contributed by atoms with van der Waals surface area (Å²) in [6.45, 7) is 2.12. The number of carbonyl (C=O) groups is 2. The Hall–Kier alpha value is -1.77. The predicted molar refractivity (Wildman–Crippen MR) is 112 cm³/mol. The lowest BCUT2D eigenvalue weighted by atomic mass is 10.1. The average molecular weight is 451 g/mol. The number of hydrogen-bond donors (Lipinski definition) is 1. The molecule has 8 heteroatoms. The molecule has 1 N–H and O–H groups in total. The first kappa shape index (κ1) is 20.0. The van der Waals surface area contributed by atoms with Crippen LogP contribution in [0.5, 0.6) is 0 Å². The number of likely N-dealkylation sites (tertiary alicyclic amines) is 1. The number of aromatic nitrogens is 1. The zero-order valence-electron chi connectivity index (χ0n) is 15.4. The first-order valence-electron chi connectivity index (χ1n) is 8.87. The van der Waals surface area contributed by atoms with Gasteiger partial charge in [-0.05, 0) is 39.2 Å². The monoisotopic (exact) mass is 450 g/mol. The third-order valence-electron chi connectivity index (χ3n) is 4.49. The van der Waals surface area contributed by atoms with Crippen LogP contribution in [0, 0.1) is 5.92 Å². The number of anilines is 1. The van der Waals surface area contributed by atoms with Crippen LogP contribution in [0.15, 0.2) is 34.1 Å². The first-order valence-corrected chi connectivity index (χ1v) is 10.5. The minimum Gasteiger partial charge on any atom is -0.342 e. The standard InChI is InChI=1S/C19H23BrN4O2S/c1-23(2)8-3-9-24-11-14(10-17(24)25)18(26)22-19-21-16(12-27-19)13-4-6-15(20)7-5-13/h4-7,12,14H,3,8-11H2,1-2H3,(H,21,22,26). The lowest BCUT2D eigenvalue weighted by Gasteiger charge is -2.17. The lowest BCUT2D eigenvalue weighted by molar-refractivity contribution is -0.128. The number of benzene rings is 1. The van der Waals surface area contributed by atoms with Crippen LogP contribution in [-0.4, -0.2) is 60.3 Å². The van der Waals surface area contributed by atoms with Crippen molar-refractivity contribution in [3.63, 3.8) is 0 Å². The highest BCUT2D eigenvalue weighted by Gasteiger charge is 2.34. The summed E-state index contributed by atoms with van der Waals surface area (Å²) in [5, 5.41) is 5.36. The molecule has 1 aliphatic rings. The van der Waals surface area contributed by atoms with Gasteiger partial charge in [-0.2, -0.15) is 0 Å². The van der Waals surface area contributed by atoms with E-state index in [0.29, 0.717) is 18.2 Å². The molecule has 1 aromatic carbocycles. The Balaban J connectivity index is 1.55. The topological polar surface area (TPSA) is 65.5 Å². The zero-order chi connectivity index (χ0) is 19.4. The molecular formula is C19H23BrN4O2S. The van der Waals surface area contributed by atoms with Gasteiger partial charge in [0.25, 0.3) is 0 Å². The van der Waals surface area contributed by atoms with Crippen LogP contribution in [0.3, 0.4) is 0 Å². The van der Waals surface area contributed by atoms with E-state index in [9.17, 15) is 9.59 Å². The molecule has 2 heterocycles. The fraction of sp³-hybridized carbons (Fsp3) is 0.421. The number of thiazole rings is 1. The van der Waals surface area contributed by atoms with Crippen molar-refractivity contribution in [2.45, 2.75) is 12.8 Å². The molecule has 1 aromatic heterocycles. The van der Waals surface area contributed by atoms with Gasteiger partial charge in [0, 0.05) is 34.9 Å². The van der Waals surface area contributed by atoms with Crippen molar-refractivity contribution in [3.8, 4) is 11.3 Å². The van der Waals surface area contributed by atoms with Crippen LogP contribution in [0.4, 0.5) is 5.13 Å². The second kappa shape index (κ2) is 8.95. The van der Waals surface area contributed by atoms with Crippen LogP contribution in [-0.2, 0) is 9.59 Å². The molecule has 0 aliphatic carbocycles. The maximum atomic E-state index is 12.5. The van der Waals surface area contributed by atoms with Gasteiger partial charge in [0.2, 0.25) is 11.8 Å². The molecular weight excluding hydrogens is 428 g/mol. The second-order valence-corrected chi connectivity index (χ2v) is 8.71. The van der Waals surface area contributed by atoms with Crippen molar-refractivity contribution in [2.75, 3.05) is 39.0 Å². The molecule has 2 aromatic rings. The van der Waals surface area contributed by atoms with E-state index in [4.69, 9.17) is 0 Å². The largest absolute Gasteiger partial charge is 0.342 e.